The lowest BCUT2D eigenvalue weighted by Gasteiger charge is -2.13. The van der Waals surface area contributed by atoms with Crippen LogP contribution >= 0.6 is 0 Å². The highest BCUT2D eigenvalue weighted by atomic mass is 16.2. The smallest absolute Gasteiger partial charge is 0.253 e. The van der Waals surface area contributed by atoms with Crippen molar-refractivity contribution in [2.75, 3.05) is 27.7 Å². The summed E-state index contributed by atoms with van der Waals surface area (Å²) in [6.07, 6.45) is 2.09. The van der Waals surface area contributed by atoms with Crippen molar-refractivity contribution >= 4 is 11.9 Å². The van der Waals surface area contributed by atoms with E-state index in [0.29, 0.717) is 18.0 Å². The number of nitrogens with zero attached hydrogens (tertiary/aromatic N) is 2. The van der Waals surface area contributed by atoms with Crippen LogP contribution in [0.4, 0.5) is 0 Å². The van der Waals surface area contributed by atoms with Gasteiger partial charge in [0.05, 0.1) is 0 Å². The topological polar surface area (TPSA) is 56.7 Å². The normalized spacial score (nSPS) is 11.4. The molecule has 0 atom stereocenters. The average Bonchev–Trinajstić information content (AvgIpc) is 2.73. The van der Waals surface area contributed by atoms with Crippen LogP contribution in [0.5, 0.6) is 0 Å². The van der Waals surface area contributed by atoms with E-state index in [4.69, 9.17) is 0 Å². The Kier molecular flexibility index (Phi) is 8.71. The summed E-state index contributed by atoms with van der Waals surface area (Å²) in [5, 5.41) is 6.68. The lowest BCUT2D eigenvalue weighted by atomic mass is 10.0. The quantitative estimate of drug-likeness (QED) is 0.407. The Morgan fingerprint density at radius 2 is 1.59 bits per heavy atom. The number of guanidine groups is 1. The molecule has 0 aromatic heterocycles. The van der Waals surface area contributed by atoms with E-state index in [9.17, 15) is 4.79 Å². The highest BCUT2D eigenvalue weighted by molar-refractivity contribution is 5.93. The summed E-state index contributed by atoms with van der Waals surface area (Å²) in [7, 11) is 5.29. The second-order valence-corrected chi connectivity index (χ2v) is 7.75. The van der Waals surface area contributed by atoms with Gasteiger partial charge in [-0.15, -0.1) is 0 Å². The molecular formula is C24H34N4O. The number of hydrogen-bond donors (Lipinski definition) is 2. The Labute approximate surface area is 175 Å². The largest absolute Gasteiger partial charge is 0.356 e. The predicted octanol–water partition coefficient (Wildman–Crippen LogP) is 3.81. The zero-order chi connectivity index (χ0) is 21.2. The Morgan fingerprint density at radius 1 is 0.966 bits per heavy atom. The number of hydrogen-bond acceptors (Lipinski definition) is 2. The number of nitrogens with one attached hydrogen (secondary N) is 2. The fraction of sp³-hybridized carbons (Fsp3) is 0.417. The zero-order valence-corrected chi connectivity index (χ0v) is 18.3. The van der Waals surface area contributed by atoms with Gasteiger partial charge in [0.15, 0.2) is 5.96 Å². The number of amides is 1. The van der Waals surface area contributed by atoms with Crippen LogP contribution in [0.2, 0.25) is 0 Å². The van der Waals surface area contributed by atoms with Gasteiger partial charge in [-0.2, -0.15) is 0 Å². The van der Waals surface area contributed by atoms with Gasteiger partial charge in [0.2, 0.25) is 0 Å². The number of rotatable bonds is 8. The molecule has 5 heteroatoms. The first-order chi connectivity index (χ1) is 13.9. The van der Waals surface area contributed by atoms with Gasteiger partial charge in [0.25, 0.3) is 5.91 Å². The summed E-state index contributed by atoms with van der Waals surface area (Å²) in [6.45, 7) is 5.96. The second-order valence-electron chi connectivity index (χ2n) is 7.75. The molecule has 0 aliphatic heterocycles. The number of aryl methyl sites for hydroxylation is 1. The van der Waals surface area contributed by atoms with E-state index in [1.807, 2.05) is 24.3 Å². The van der Waals surface area contributed by atoms with Gasteiger partial charge in [0.1, 0.15) is 0 Å². The van der Waals surface area contributed by atoms with Gasteiger partial charge in [0, 0.05) is 39.8 Å². The molecule has 0 aliphatic rings. The molecule has 29 heavy (non-hydrogen) atoms. The van der Waals surface area contributed by atoms with Gasteiger partial charge < -0.3 is 15.5 Å². The van der Waals surface area contributed by atoms with E-state index in [0.717, 1.165) is 30.9 Å². The van der Waals surface area contributed by atoms with Crippen LogP contribution in [0.15, 0.2) is 53.5 Å². The van der Waals surface area contributed by atoms with Gasteiger partial charge in [-0.05, 0) is 47.6 Å². The van der Waals surface area contributed by atoms with Crippen molar-refractivity contribution in [2.45, 2.75) is 39.2 Å². The molecule has 0 unspecified atom stereocenters. The van der Waals surface area contributed by atoms with Crippen molar-refractivity contribution in [1.29, 1.82) is 0 Å². The summed E-state index contributed by atoms with van der Waals surface area (Å²) >= 11 is 0. The SMILES string of the molecule is CN=C(NCCCc1ccc(C(C)C)cc1)NCc1ccc(C(=O)N(C)C)cc1. The summed E-state index contributed by atoms with van der Waals surface area (Å²) in [5.41, 5.74) is 4.55. The molecule has 0 heterocycles. The fourth-order valence-electron chi connectivity index (χ4n) is 3.00. The second kappa shape index (κ2) is 11.2. The average molecular weight is 395 g/mol. The molecule has 0 bridgehead atoms. The maximum absolute atomic E-state index is 11.9. The zero-order valence-electron chi connectivity index (χ0n) is 18.3. The molecule has 156 valence electrons. The lowest BCUT2D eigenvalue weighted by molar-refractivity contribution is 0.0827. The molecule has 0 saturated carbocycles. The number of benzene rings is 2. The van der Waals surface area contributed by atoms with Crippen molar-refractivity contribution in [3.63, 3.8) is 0 Å². The van der Waals surface area contributed by atoms with Crippen LogP contribution in [0.25, 0.3) is 0 Å². The first-order valence-corrected chi connectivity index (χ1v) is 10.2. The Morgan fingerprint density at radius 3 is 2.14 bits per heavy atom. The Hall–Kier alpha value is -2.82. The molecular weight excluding hydrogens is 360 g/mol. The van der Waals surface area contributed by atoms with Crippen molar-refractivity contribution in [2.24, 2.45) is 4.99 Å². The van der Waals surface area contributed by atoms with Crippen LogP contribution in [-0.2, 0) is 13.0 Å². The minimum absolute atomic E-state index is 0.0147. The third kappa shape index (κ3) is 7.26. The number of aliphatic imine (C=N–C) groups is 1. The van der Waals surface area contributed by atoms with E-state index < -0.39 is 0 Å². The maximum Gasteiger partial charge on any atom is 0.253 e. The summed E-state index contributed by atoms with van der Waals surface area (Å²) in [6, 6.07) is 16.6. The van der Waals surface area contributed by atoms with Gasteiger partial charge >= 0.3 is 0 Å². The molecule has 0 radical (unpaired) electrons. The van der Waals surface area contributed by atoms with E-state index in [1.165, 1.54) is 11.1 Å². The van der Waals surface area contributed by atoms with E-state index in [2.05, 4.69) is 53.7 Å². The molecule has 2 aromatic rings. The summed E-state index contributed by atoms with van der Waals surface area (Å²) in [5.74, 6) is 1.37. The summed E-state index contributed by atoms with van der Waals surface area (Å²) in [4.78, 5) is 17.8. The molecule has 0 spiro atoms. The first kappa shape index (κ1) is 22.5. The van der Waals surface area contributed by atoms with Gasteiger partial charge in [-0.3, -0.25) is 9.79 Å². The van der Waals surface area contributed by atoms with E-state index in [-0.39, 0.29) is 5.91 Å². The van der Waals surface area contributed by atoms with Gasteiger partial charge in [-0.25, -0.2) is 0 Å². The van der Waals surface area contributed by atoms with Crippen LogP contribution in [0, 0.1) is 0 Å². The molecule has 2 aromatic carbocycles. The Bertz CT molecular complexity index is 793. The van der Waals surface area contributed by atoms with Crippen LogP contribution in [-0.4, -0.2) is 44.5 Å². The highest BCUT2D eigenvalue weighted by Gasteiger charge is 2.07. The first-order valence-electron chi connectivity index (χ1n) is 10.2. The molecule has 2 N–H and O–H groups in total. The predicted molar refractivity (Wildman–Crippen MR) is 122 cm³/mol. The lowest BCUT2D eigenvalue weighted by Crippen LogP contribution is -2.37. The molecule has 0 aliphatic carbocycles. The van der Waals surface area contributed by atoms with E-state index in [1.54, 1.807) is 26.0 Å². The molecule has 2 rings (SSSR count). The molecule has 1 amide bonds. The fourth-order valence-corrected chi connectivity index (χ4v) is 3.00. The minimum Gasteiger partial charge on any atom is -0.356 e. The molecule has 0 saturated heterocycles. The van der Waals surface area contributed by atoms with Crippen LogP contribution in [0.1, 0.15) is 53.2 Å². The van der Waals surface area contributed by atoms with Crippen molar-refractivity contribution in [1.82, 2.24) is 15.5 Å². The maximum atomic E-state index is 11.9. The molecule has 5 nitrogen and oxygen atoms in total. The Balaban J connectivity index is 1.73. The van der Waals surface area contributed by atoms with Crippen molar-refractivity contribution in [3.8, 4) is 0 Å². The van der Waals surface area contributed by atoms with Crippen molar-refractivity contribution in [3.05, 3.63) is 70.8 Å². The molecule has 0 fully saturated rings. The van der Waals surface area contributed by atoms with Gasteiger partial charge in [-0.1, -0.05) is 50.2 Å². The van der Waals surface area contributed by atoms with Crippen molar-refractivity contribution < 1.29 is 4.79 Å². The number of carbonyl (C=O) groups excluding carboxylic acids is 1. The van der Waals surface area contributed by atoms with E-state index >= 15 is 0 Å². The standard InChI is InChI=1S/C24H34N4O/c1-18(2)21-12-8-19(9-13-21)7-6-16-26-24(25-3)27-17-20-10-14-22(15-11-20)23(29)28(4)5/h8-15,18H,6-7,16-17H2,1-5H3,(H2,25,26,27). The highest BCUT2D eigenvalue weighted by Crippen LogP contribution is 2.15. The third-order valence-electron chi connectivity index (χ3n) is 4.87. The van der Waals surface area contributed by atoms with Crippen LogP contribution < -0.4 is 10.6 Å². The monoisotopic (exact) mass is 394 g/mol. The minimum atomic E-state index is 0.0147. The van der Waals surface area contributed by atoms with Crippen LogP contribution in [0.3, 0.4) is 0 Å². The number of carbonyl (C=O) groups is 1. The third-order valence-corrected chi connectivity index (χ3v) is 4.87. The summed E-state index contributed by atoms with van der Waals surface area (Å²) < 4.78 is 0.